The molecule has 2 fully saturated rings. The first-order valence-electron chi connectivity index (χ1n) is 9.74. The number of aryl methyl sites for hydroxylation is 1. The van der Waals surface area contributed by atoms with Crippen molar-refractivity contribution in [3.63, 3.8) is 0 Å². The van der Waals surface area contributed by atoms with Crippen molar-refractivity contribution in [2.45, 2.75) is 52.0 Å². The first kappa shape index (κ1) is 18.9. The van der Waals surface area contributed by atoms with E-state index in [1.54, 1.807) is 0 Å². The summed E-state index contributed by atoms with van der Waals surface area (Å²) in [4.78, 5) is 27.1. The van der Waals surface area contributed by atoms with Crippen molar-refractivity contribution in [3.05, 3.63) is 35.4 Å². The van der Waals surface area contributed by atoms with E-state index in [4.69, 9.17) is 4.74 Å². The maximum absolute atomic E-state index is 12.7. The summed E-state index contributed by atoms with van der Waals surface area (Å²) >= 11 is 0. The van der Waals surface area contributed by atoms with Crippen LogP contribution in [0, 0.1) is 12.3 Å². The molecule has 5 nitrogen and oxygen atoms in total. The quantitative estimate of drug-likeness (QED) is 0.851. The summed E-state index contributed by atoms with van der Waals surface area (Å²) in [5, 5.41) is 3.04. The second-order valence-corrected chi connectivity index (χ2v) is 7.82. The molecule has 26 heavy (non-hydrogen) atoms. The Morgan fingerprint density at radius 2 is 1.73 bits per heavy atom. The van der Waals surface area contributed by atoms with Crippen molar-refractivity contribution >= 4 is 11.8 Å². The van der Waals surface area contributed by atoms with Crippen molar-refractivity contribution in [2.75, 3.05) is 26.3 Å². The zero-order valence-corrected chi connectivity index (χ0v) is 15.8. The van der Waals surface area contributed by atoms with Gasteiger partial charge in [0.1, 0.15) is 0 Å². The summed E-state index contributed by atoms with van der Waals surface area (Å²) in [6.45, 7) is 5.19. The predicted molar refractivity (Wildman–Crippen MR) is 101 cm³/mol. The fourth-order valence-electron chi connectivity index (χ4n) is 4.10. The zero-order chi connectivity index (χ0) is 18.4. The highest BCUT2D eigenvalue weighted by Gasteiger charge is 2.39. The van der Waals surface area contributed by atoms with Crippen molar-refractivity contribution in [1.29, 1.82) is 0 Å². The highest BCUT2D eigenvalue weighted by Crippen LogP contribution is 2.44. The normalized spacial score (nSPS) is 19.3. The topological polar surface area (TPSA) is 58.6 Å². The second kappa shape index (κ2) is 8.67. The number of nitrogens with zero attached hydrogens (tertiary/aromatic N) is 1. The minimum absolute atomic E-state index is 0.0576. The van der Waals surface area contributed by atoms with Crippen LogP contribution in [0.1, 0.15) is 49.7 Å². The third-order valence-corrected chi connectivity index (χ3v) is 5.70. The standard InChI is InChI=1S/C21H30N2O3/c1-17-4-6-18(7-5-17)16-22-19(24)14-21(8-2-3-9-21)15-20(25)23-10-12-26-13-11-23/h4-7H,2-3,8-16H2,1H3,(H,22,24). The van der Waals surface area contributed by atoms with E-state index in [1.165, 1.54) is 5.56 Å². The van der Waals surface area contributed by atoms with E-state index < -0.39 is 0 Å². The van der Waals surface area contributed by atoms with Crippen molar-refractivity contribution < 1.29 is 14.3 Å². The van der Waals surface area contributed by atoms with Gasteiger partial charge in [-0.15, -0.1) is 0 Å². The van der Waals surface area contributed by atoms with Crippen LogP contribution < -0.4 is 5.32 Å². The van der Waals surface area contributed by atoms with E-state index >= 15 is 0 Å². The molecule has 2 amide bonds. The number of carbonyl (C=O) groups is 2. The number of rotatable bonds is 6. The van der Waals surface area contributed by atoms with Gasteiger partial charge in [-0.05, 0) is 30.7 Å². The Morgan fingerprint density at radius 3 is 2.38 bits per heavy atom. The number of hydrogen-bond donors (Lipinski definition) is 1. The lowest BCUT2D eigenvalue weighted by atomic mass is 9.78. The maximum atomic E-state index is 12.7. The number of nitrogens with one attached hydrogen (secondary N) is 1. The first-order valence-corrected chi connectivity index (χ1v) is 9.74. The summed E-state index contributed by atoms with van der Waals surface area (Å²) in [5.41, 5.74) is 2.16. The third kappa shape index (κ3) is 5.07. The van der Waals surface area contributed by atoms with Gasteiger partial charge in [-0.3, -0.25) is 9.59 Å². The second-order valence-electron chi connectivity index (χ2n) is 7.82. The van der Waals surface area contributed by atoms with Gasteiger partial charge in [0.2, 0.25) is 11.8 Å². The lowest BCUT2D eigenvalue weighted by molar-refractivity contribution is -0.138. The Kier molecular flexibility index (Phi) is 6.30. The molecule has 1 aromatic carbocycles. The molecule has 142 valence electrons. The van der Waals surface area contributed by atoms with E-state index in [0.717, 1.165) is 31.2 Å². The average Bonchev–Trinajstić information content (AvgIpc) is 3.10. The molecule has 1 aromatic rings. The Bertz CT molecular complexity index is 615. The molecule has 0 bridgehead atoms. The first-order chi connectivity index (χ1) is 12.6. The number of benzene rings is 1. The largest absolute Gasteiger partial charge is 0.378 e. The molecule has 0 unspecified atom stereocenters. The van der Waals surface area contributed by atoms with Crippen LogP contribution in [-0.4, -0.2) is 43.0 Å². The highest BCUT2D eigenvalue weighted by atomic mass is 16.5. The lowest BCUT2D eigenvalue weighted by Gasteiger charge is -2.33. The molecule has 0 spiro atoms. The Morgan fingerprint density at radius 1 is 1.08 bits per heavy atom. The van der Waals surface area contributed by atoms with Gasteiger partial charge in [0.05, 0.1) is 13.2 Å². The van der Waals surface area contributed by atoms with E-state index in [1.807, 2.05) is 17.0 Å². The molecule has 0 radical (unpaired) electrons. The molecule has 2 aliphatic rings. The molecule has 0 aromatic heterocycles. The van der Waals surface area contributed by atoms with Crippen LogP contribution in [0.3, 0.4) is 0 Å². The molecular weight excluding hydrogens is 328 g/mol. The summed E-state index contributed by atoms with van der Waals surface area (Å²) in [6.07, 6.45) is 5.12. The molecule has 1 aliphatic heterocycles. The van der Waals surface area contributed by atoms with Crippen LogP contribution in [0.4, 0.5) is 0 Å². The van der Waals surface area contributed by atoms with Crippen LogP contribution in [0.5, 0.6) is 0 Å². The summed E-state index contributed by atoms with van der Waals surface area (Å²) < 4.78 is 5.33. The molecule has 5 heteroatoms. The van der Waals surface area contributed by atoms with Gasteiger partial charge in [-0.2, -0.15) is 0 Å². The van der Waals surface area contributed by atoms with Crippen LogP contribution >= 0.6 is 0 Å². The Balaban J connectivity index is 1.54. The third-order valence-electron chi connectivity index (χ3n) is 5.70. The van der Waals surface area contributed by atoms with Gasteiger partial charge >= 0.3 is 0 Å². The number of amides is 2. The van der Waals surface area contributed by atoms with E-state index in [2.05, 4.69) is 24.4 Å². The SMILES string of the molecule is Cc1ccc(CNC(=O)CC2(CC(=O)N3CCOCC3)CCCC2)cc1. The van der Waals surface area contributed by atoms with Gasteiger partial charge in [0.15, 0.2) is 0 Å². The van der Waals surface area contributed by atoms with Gasteiger partial charge in [0, 0.05) is 32.5 Å². The Hall–Kier alpha value is -1.88. The summed E-state index contributed by atoms with van der Waals surface area (Å²) in [6, 6.07) is 8.20. The molecule has 3 rings (SSSR count). The van der Waals surface area contributed by atoms with E-state index in [9.17, 15) is 9.59 Å². The summed E-state index contributed by atoms with van der Waals surface area (Å²) in [5.74, 6) is 0.240. The monoisotopic (exact) mass is 358 g/mol. The van der Waals surface area contributed by atoms with E-state index in [-0.39, 0.29) is 17.2 Å². The predicted octanol–water partition coefficient (Wildman–Crippen LogP) is 2.81. The van der Waals surface area contributed by atoms with Gasteiger partial charge in [-0.1, -0.05) is 42.7 Å². The number of ether oxygens (including phenoxy) is 1. The molecule has 1 aliphatic carbocycles. The fourth-order valence-corrected chi connectivity index (χ4v) is 4.10. The fraction of sp³-hybridized carbons (Fsp3) is 0.619. The maximum Gasteiger partial charge on any atom is 0.223 e. The zero-order valence-electron chi connectivity index (χ0n) is 15.8. The lowest BCUT2D eigenvalue weighted by Crippen LogP contribution is -2.43. The van der Waals surface area contributed by atoms with Crippen molar-refractivity contribution in [2.24, 2.45) is 5.41 Å². The van der Waals surface area contributed by atoms with Crippen molar-refractivity contribution in [3.8, 4) is 0 Å². The number of morpholine rings is 1. The highest BCUT2D eigenvalue weighted by molar-refractivity contribution is 5.80. The van der Waals surface area contributed by atoms with E-state index in [0.29, 0.717) is 45.7 Å². The smallest absolute Gasteiger partial charge is 0.223 e. The molecule has 1 saturated carbocycles. The van der Waals surface area contributed by atoms with Crippen LogP contribution in [-0.2, 0) is 20.9 Å². The van der Waals surface area contributed by atoms with Crippen LogP contribution in [0.2, 0.25) is 0 Å². The molecule has 0 atom stereocenters. The molecule has 1 heterocycles. The molecule has 1 saturated heterocycles. The molecule has 1 N–H and O–H groups in total. The van der Waals surface area contributed by atoms with Gasteiger partial charge in [-0.25, -0.2) is 0 Å². The van der Waals surface area contributed by atoms with Crippen LogP contribution in [0.15, 0.2) is 24.3 Å². The number of hydrogen-bond acceptors (Lipinski definition) is 3. The number of carbonyl (C=O) groups excluding carboxylic acids is 2. The molecular formula is C21H30N2O3. The average molecular weight is 358 g/mol. The van der Waals surface area contributed by atoms with Gasteiger partial charge < -0.3 is 15.0 Å². The minimum atomic E-state index is -0.160. The summed E-state index contributed by atoms with van der Waals surface area (Å²) in [7, 11) is 0. The van der Waals surface area contributed by atoms with Crippen molar-refractivity contribution in [1.82, 2.24) is 10.2 Å². The van der Waals surface area contributed by atoms with Crippen LogP contribution in [0.25, 0.3) is 0 Å². The minimum Gasteiger partial charge on any atom is -0.378 e. The Labute approximate surface area is 156 Å². The van der Waals surface area contributed by atoms with Gasteiger partial charge in [0.25, 0.3) is 0 Å².